The first kappa shape index (κ1) is 27.6. The van der Waals surface area contributed by atoms with Crippen molar-refractivity contribution in [1.82, 2.24) is 9.55 Å². The second-order valence-electron chi connectivity index (χ2n) is 10.5. The molecule has 3 heterocycles. The van der Waals surface area contributed by atoms with Gasteiger partial charge in [-0.2, -0.15) is 0 Å². The van der Waals surface area contributed by atoms with Gasteiger partial charge in [0.2, 0.25) is 0 Å². The molecule has 1 N–H and O–H groups in total. The molecule has 8 heteroatoms. The molecule has 1 saturated heterocycles. The first-order valence-electron chi connectivity index (χ1n) is 14.2. The summed E-state index contributed by atoms with van der Waals surface area (Å²) in [4.78, 5) is 17.6. The Balaban J connectivity index is 1.50. The molecular weight excluding hydrogens is 530 g/mol. The Morgan fingerprint density at radius 1 is 0.976 bits per heavy atom. The van der Waals surface area contributed by atoms with Gasteiger partial charge < -0.3 is 28.8 Å². The van der Waals surface area contributed by atoms with E-state index in [0.717, 1.165) is 70.7 Å². The molecule has 5 aromatic rings. The molecule has 1 aliphatic heterocycles. The minimum absolute atomic E-state index is 0.0294. The van der Waals surface area contributed by atoms with Crippen molar-refractivity contribution in [2.45, 2.75) is 25.4 Å². The minimum Gasteiger partial charge on any atom is -0.497 e. The quantitative estimate of drug-likeness (QED) is 0.201. The van der Waals surface area contributed by atoms with Gasteiger partial charge >= 0.3 is 5.97 Å². The monoisotopic (exact) mass is 565 g/mol. The van der Waals surface area contributed by atoms with Crippen molar-refractivity contribution in [2.75, 3.05) is 39.9 Å². The lowest BCUT2D eigenvalue weighted by Gasteiger charge is -2.33. The van der Waals surface area contributed by atoms with E-state index in [4.69, 9.17) is 23.9 Å². The van der Waals surface area contributed by atoms with Crippen LogP contribution in [0, 0.1) is 5.92 Å². The van der Waals surface area contributed by atoms with Gasteiger partial charge in [-0.3, -0.25) is 4.98 Å². The summed E-state index contributed by atoms with van der Waals surface area (Å²) in [6.45, 7) is 2.01. The van der Waals surface area contributed by atoms with Gasteiger partial charge in [-0.25, -0.2) is 4.79 Å². The number of nitrogens with zero attached hydrogens (tertiary/aromatic N) is 2. The number of hydrogen-bond acceptors (Lipinski definition) is 7. The molecule has 0 aliphatic carbocycles. The van der Waals surface area contributed by atoms with Crippen molar-refractivity contribution in [1.29, 1.82) is 0 Å². The molecule has 0 saturated carbocycles. The van der Waals surface area contributed by atoms with Crippen LogP contribution in [-0.4, -0.2) is 50.1 Å². The zero-order valence-electron chi connectivity index (χ0n) is 24.1. The van der Waals surface area contributed by atoms with Gasteiger partial charge in [0.15, 0.2) is 0 Å². The predicted octanol–water partition coefficient (Wildman–Crippen LogP) is 6.62. The Morgan fingerprint density at radius 2 is 1.79 bits per heavy atom. The molecule has 1 fully saturated rings. The molecule has 0 bridgehead atoms. The van der Waals surface area contributed by atoms with Crippen molar-refractivity contribution in [2.24, 2.45) is 5.92 Å². The number of benzene rings is 3. The summed E-state index contributed by atoms with van der Waals surface area (Å²) in [6, 6.07) is 24.3. The van der Waals surface area contributed by atoms with E-state index in [-0.39, 0.29) is 12.0 Å². The third kappa shape index (κ3) is 5.25. The molecule has 0 radical (unpaired) electrons. The van der Waals surface area contributed by atoms with E-state index in [2.05, 4.69) is 40.2 Å². The van der Waals surface area contributed by atoms with Crippen LogP contribution >= 0.6 is 0 Å². The van der Waals surface area contributed by atoms with Crippen LogP contribution in [0.25, 0.3) is 21.9 Å². The lowest BCUT2D eigenvalue weighted by molar-refractivity contribution is 0.0553. The molecule has 8 nitrogen and oxygen atoms in total. The van der Waals surface area contributed by atoms with E-state index >= 15 is 0 Å². The van der Waals surface area contributed by atoms with Crippen molar-refractivity contribution < 1.29 is 23.7 Å². The molecule has 0 spiro atoms. The highest BCUT2D eigenvalue weighted by Crippen LogP contribution is 2.41. The molecule has 6 rings (SSSR count). The lowest BCUT2D eigenvalue weighted by atomic mass is 9.86. The maximum Gasteiger partial charge on any atom is 0.337 e. The van der Waals surface area contributed by atoms with Crippen molar-refractivity contribution >= 4 is 33.6 Å². The van der Waals surface area contributed by atoms with Crippen LogP contribution in [0.3, 0.4) is 0 Å². The van der Waals surface area contributed by atoms with Gasteiger partial charge in [0.05, 0.1) is 61.4 Å². The standard InChI is InChI=1S/C34H35N3O5/c1-39-27-11-9-25(31(19-27)40-2)20-35-26-18-30-32(36-21-26)28-12-10-24(34(38)41-3)17-29(28)37(30)33(22-7-5-4-6-8-22)23-13-15-42-16-14-23/h4-12,17-19,21,23,33,35H,13-16,20H2,1-3H3/t33-/m1/s1. The largest absolute Gasteiger partial charge is 0.497 e. The van der Waals surface area contributed by atoms with Crippen LogP contribution in [0.4, 0.5) is 5.69 Å². The average molecular weight is 566 g/mol. The van der Waals surface area contributed by atoms with Gasteiger partial charge in [-0.1, -0.05) is 30.3 Å². The van der Waals surface area contributed by atoms with Gasteiger partial charge in [0, 0.05) is 36.8 Å². The maximum atomic E-state index is 12.6. The number of nitrogens with one attached hydrogen (secondary N) is 1. The summed E-state index contributed by atoms with van der Waals surface area (Å²) in [5, 5.41) is 4.54. The Hall–Kier alpha value is -4.56. The van der Waals surface area contributed by atoms with Crippen LogP contribution in [0.1, 0.15) is 40.4 Å². The number of carbonyl (C=O) groups is 1. The Bertz CT molecular complexity index is 1710. The molecule has 216 valence electrons. The van der Waals surface area contributed by atoms with Crippen LogP contribution in [0.5, 0.6) is 11.5 Å². The number of hydrogen-bond donors (Lipinski definition) is 1. The van der Waals surface area contributed by atoms with Crippen LogP contribution in [0.2, 0.25) is 0 Å². The highest BCUT2D eigenvalue weighted by Gasteiger charge is 2.30. The zero-order chi connectivity index (χ0) is 29.1. The van der Waals surface area contributed by atoms with Gasteiger partial charge in [-0.05, 0) is 60.7 Å². The van der Waals surface area contributed by atoms with E-state index in [1.807, 2.05) is 48.7 Å². The van der Waals surface area contributed by atoms with Gasteiger partial charge in [-0.15, -0.1) is 0 Å². The second kappa shape index (κ2) is 12.1. The summed E-state index contributed by atoms with van der Waals surface area (Å²) < 4.78 is 24.2. The van der Waals surface area contributed by atoms with Gasteiger partial charge in [0.1, 0.15) is 11.5 Å². The average Bonchev–Trinajstić information content (AvgIpc) is 3.37. The summed E-state index contributed by atoms with van der Waals surface area (Å²) in [5.74, 6) is 1.49. The number of ether oxygens (including phenoxy) is 4. The Kier molecular flexibility index (Phi) is 7.97. The highest BCUT2D eigenvalue weighted by molar-refractivity contribution is 6.08. The SMILES string of the molecule is COC(=O)c1ccc2c3ncc(NCc4ccc(OC)cc4OC)cc3n([C@H](c3ccccc3)C3CCOCC3)c2c1. The Morgan fingerprint density at radius 3 is 2.52 bits per heavy atom. The second-order valence-corrected chi connectivity index (χ2v) is 10.5. The fraction of sp³-hybridized carbons (Fsp3) is 0.294. The van der Waals surface area contributed by atoms with Crippen LogP contribution in [0.15, 0.2) is 79.0 Å². The van der Waals surface area contributed by atoms with E-state index in [1.54, 1.807) is 14.2 Å². The number of rotatable bonds is 9. The number of fused-ring (bicyclic) bond motifs is 3. The summed E-state index contributed by atoms with van der Waals surface area (Å²) >= 11 is 0. The molecule has 0 amide bonds. The van der Waals surface area contributed by atoms with Crippen molar-refractivity contribution in [3.63, 3.8) is 0 Å². The lowest BCUT2D eigenvalue weighted by Crippen LogP contribution is -2.27. The van der Waals surface area contributed by atoms with E-state index in [9.17, 15) is 4.79 Å². The summed E-state index contributed by atoms with van der Waals surface area (Å²) in [6.07, 6.45) is 3.75. The zero-order valence-corrected chi connectivity index (χ0v) is 24.1. The first-order valence-corrected chi connectivity index (χ1v) is 14.2. The molecular formula is C34H35N3O5. The van der Waals surface area contributed by atoms with E-state index < -0.39 is 0 Å². The van der Waals surface area contributed by atoms with Crippen LogP contribution in [-0.2, 0) is 16.0 Å². The van der Waals surface area contributed by atoms with E-state index in [0.29, 0.717) is 18.0 Å². The Labute approximate surface area is 245 Å². The molecule has 3 aromatic carbocycles. The first-order chi connectivity index (χ1) is 20.6. The van der Waals surface area contributed by atoms with E-state index in [1.165, 1.54) is 12.7 Å². The van der Waals surface area contributed by atoms with Crippen LogP contribution < -0.4 is 14.8 Å². The predicted molar refractivity (Wildman–Crippen MR) is 164 cm³/mol. The highest BCUT2D eigenvalue weighted by atomic mass is 16.5. The summed E-state index contributed by atoms with van der Waals surface area (Å²) in [7, 11) is 4.71. The molecule has 0 unspecified atom stereocenters. The number of methoxy groups -OCH3 is 3. The molecule has 1 atom stereocenters. The number of esters is 1. The number of anilines is 1. The van der Waals surface area contributed by atoms with Crippen molar-refractivity contribution in [3.05, 3.63) is 95.7 Å². The maximum absolute atomic E-state index is 12.6. The smallest absolute Gasteiger partial charge is 0.337 e. The fourth-order valence-electron chi connectivity index (χ4n) is 6.06. The number of pyridine rings is 1. The molecule has 1 aliphatic rings. The van der Waals surface area contributed by atoms with Gasteiger partial charge in [0.25, 0.3) is 0 Å². The topological polar surface area (TPSA) is 83.8 Å². The third-order valence-corrected chi connectivity index (χ3v) is 8.17. The minimum atomic E-state index is -0.361. The summed E-state index contributed by atoms with van der Waals surface area (Å²) in [5.41, 5.74) is 6.46. The molecule has 2 aromatic heterocycles. The number of carbonyl (C=O) groups excluding carboxylic acids is 1. The number of aromatic nitrogens is 2. The fourth-order valence-corrected chi connectivity index (χ4v) is 6.06. The third-order valence-electron chi connectivity index (χ3n) is 8.17. The van der Waals surface area contributed by atoms with Crippen molar-refractivity contribution in [3.8, 4) is 11.5 Å². The molecule has 42 heavy (non-hydrogen) atoms. The normalized spacial score (nSPS) is 14.5.